The summed E-state index contributed by atoms with van der Waals surface area (Å²) in [5.41, 5.74) is 1.37. The van der Waals surface area contributed by atoms with Crippen molar-refractivity contribution in [3.63, 3.8) is 0 Å². The van der Waals surface area contributed by atoms with E-state index in [0.29, 0.717) is 0 Å². The topological polar surface area (TPSA) is 24.5 Å². The van der Waals surface area contributed by atoms with Crippen molar-refractivity contribution < 1.29 is 4.74 Å². The number of halogens is 1. The molecule has 1 atom stereocenters. The Balaban J connectivity index is 0.00000192. The van der Waals surface area contributed by atoms with Gasteiger partial charge >= 0.3 is 0 Å². The molecule has 0 aliphatic carbocycles. The zero-order valence-electron chi connectivity index (χ0n) is 14.3. The molecule has 1 aromatic rings. The van der Waals surface area contributed by atoms with Gasteiger partial charge in [0.1, 0.15) is 5.75 Å². The molecule has 0 amide bonds. The molecule has 1 N–H and O–H groups in total. The Morgan fingerprint density at radius 1 is 1.13 bits per heavy atom. The van der Waals surface area contributed by atoms with Gasteiger partial charge in [0.25, 0.3) is 0 Å². The molecule has 4 heteroatoms. The number of piperidine rings is 2. The number of ether oxygens (including phenoxy) is 1. The summed E-state index contributed by atoms with van der Waals surface area (Å²) in [7, 11) is 1.78. The van der Waals surface area contributed by atoms with Crippen LogP contribution in [0.1, 0.15) is 31.2 Å². The monoisotopic (exact) mass is 338 g/mol. The normalized spacial score (nSPS) is 23.3. The van der Waals surface area contributed by atoms with Gasteiger partial charge in [0.15, 0.2) is 0 Å². The first kappa shape index (κ1) is 18.6. The van der Waals surface area contributed by atoms with E-state index in [9.17, 15) is 0 Å². The van der Waals surface area contributed by atoms with Crippen LogP contribution in [0.4, 0.5) is 0 Å². The van der Waals surface area contributed by atoms with Crippen LogP contribution in [0.2, 0.25) is 0 Å². The molecule has 2 aliphatic heterocycles. The van der Waals surface area contributed by atoms with Crippen LogP contribution in [0.5, 0.6) is 5.75 Å². The number of nitrogens with one attached hydrogen (secondary N) is 1. The summed E-state index contributed by atoms with van der Waals surface area (Å²) in [6.45, 7) is 6.29. The summed E-state index contributed by atoms with van der Waals surface area (Å²) in [6, 6.07) is 8.49. The molecular weight excluding hydrogens is 308 g/mol. The summed E-state index contributed by atoms with van der Waals surface area (Å²) >= 11 is 0. The fraction of sp³-hybridized carbons (Fsp3) is 0.684. The number of benzene rings is 1. The second kappa shape index (κ2) is 9.51. The van der Waals surface area contributed by atoms with Gasteiger partial charge in [0.05, 0.1) is 7.11 Å². The number of hydrogen-bond donors (Lipinski definition) is 1. The Morgan fingerprint density at radius 3 is 2.61 bits per heavy atom. The van der Waals surface area contributed by atoms with E-state index in [1.54, 1.807) is 7.11 Å². The number of nitrogens with zero attached hydrogens (tertiary/aromatic N) is 1. The zero-order chi connectivity index (χ0) is 15.2. The second-order valence-corrected chi connectivity index (χ2v) is 6.97. The lowest BCUT2D eigenvalue weighted by atomic mass is 9.89. The Hall–Kier alpha value is -0.770. The quantitative estimate of drug-likeness (QED) is 0.890. The van der Waals surface area contributed by atoms with Gasteiger partial charge in [-0.25, -0.2) is 0 Å². The van der Waals surface area contributed by atoms with Crippen molar-refractivity contribution >= 4 is 12.4 Å². The Kier molecular flexibility index (Phi) is 7.68. The highest BCUT2D eigenvalue weighted by molar-refractivity contribution is 5.85. The summed E-state index contributed by atoms with van der Waals surface area (Å²) in [4.78, 5) is 2.69. The lowest BCUT2D eigenvalue weighted by molar-refractivity contribution is 0.149. The predicted molar refractivity (Wildman–Crippen MR) is 98.7 cm³/mol. The first-order valence-electron chi connectivity index (χ1n) is 8.90. The molecule has 0 spiro atoms. The number of para-hydroxylation sites is 1. The molecule has 0 saturated carbocycles. The van der Waals surface area contributed by atoms with Gasteiger partial charge in [0, 0.05) is 6.54 Å². The zero-order valence-corrected chi connectivity index (χ0v) is 15.1. The number of methoxy groups -OCH3 is 1. The minimum absolute atomic E-state index is 0. The molecule has 2 saturated heterocycles. The van der Waals surface area contributed by atoms with Crippen LogP contribution in [0.25, 0.3) is 0 Å². The Morgan fingerprint density at radius 2 is 1.91 bits per heavy atom. The number of likely N-dealkylation sites (tertiary alicyclic amines) is 1. The maximum Gasteiger partial charge on any atom is 0.122 e. The van der Waals surface area contributed by atoms with Crippen LogP contribution in [0.3, 0.4) is 0 Å². The van der Waals surface area contributed by atoms with E-state index in [-0.39, 0.29) is 12.4 Å². The molecule has 3 rings (SSSR count). The van der Waals surface area contributed by atoms with Crippen LogP contribution in [-0.2, 0) is 6.42 Å². The highest BCUT2D eigenvalue weighted by Crippen LogP contribution is 2.27. The van der Waals surface area contributed by atoms with E-state index >= 15 is 0 Å². The minimum atomic E-state index is 0. The Bertz CT molecular complexity index is 454. The van der Waals surface area contributed by atoms with Gasteiger partial charge in [-0.05, 0) is 81.7 Å². The Labute approximate surface area is 147 Å². The molecule has 23 heavy (non-hydrogen) atoms. The summed E-state index contributed by atoms with van der Waals surface area (Å²) in [5, 5.41) is 3.54. The minimum Gasteiger partial charge on any atom is -0.496 e. The molecule has 2 heterocycles. The smallest absolute Gasteiger partial charge is 0.122 e. The van der Waals surface area contributed by atoms with Crippen molar-refractivity contribution in [2.45, 2.75) is 32.1 Å². The third-order valence-electron chi connectivity index (χ3n) is 5.32. The maximum absolute atomic E-state index is 5.49. The molecule has 0 aromatic heterocycles. The molecular formula is C19H31ClN2O. The average Bonchev–Trinajstić information content (AvgIpc) is 2.58. The van der Waals surface area contributed by atoms with Crippen LogP contribution < -0.4 is 10.1 Å². The van der Waals surface area contributed by atoms with Gasteiger partial charge in [-0.1, -0.05) is 18.2 Å². The van der Waals surface area contributed by atoms with Crippen molar-refractivity contribution in [3.8, 4) is 5.75 Å². The van der Waals surface area contributed by atoms with Crippen LogP contribution in [-0.4, -0.2) is 44.7 Å². The third-order valence-corrected chi connectivity index (χ3v) is 5.32. The SMILES string of the molecule is COc1ccccc1CC1CCN(CC2CCCNC2)CC1.Cl. The molecule has 2 fully saturated rings. The fourth-order valence-corrected chi connectivity index (χ4v) is 4.00. The number of hydrogen-bond acceptors (Lipinski definition) is 3. The molecule has 0 radical (unpaired) electrons. The van der Waals surface area contributed by atoms with Crippen LogP contribution >= 0.6 is 12.4 Å². The first-order valence-corrected chi connectivity index (χ1v) is 8.90. The predicted octanol–water partition coefficient (Wildman–Crippen LogP) is 3.37. The first-order chi connectivity index (χ1) is 10.8. The molecule has 1 aromatic carbocycles. The van der Waals surface area contributed by atoms with E-state index in [4.69, 9.17) is 4.74 Å². The van der Waals surface area contributed by atoms with Crippen molar-refractivity contribution in [3.05, 3.63) is 29.8 Å². The van der Waals surface area contributed by atoms with E-state index in [1.165, 1.54) is 70.4 Å². The summed E-state index contributed by atoms with van der Waals surface area (Å²) in [5.74, 6) is 2.75. The van der Waals surface area contributed by atoms with Crippen molar-refractivity contribution in [2.75, 3.05) is 39.8 Å². The lowest BCUT2D eigenvalue weighted by Gasteiger charge is -2.35. The molecule has 3 nitrogen and oxygen atoms in total. The lowest BCUT2D eigenvalue weighted by Crippen LogP contribution is -2.42. The molecule has 0 bridgehead atoms. The molecule has 2 aliphatic rings. The average molecular weight is 339 g/mol. The standard InChI is InChI=1S/C19H30N2O.ClH/c1-22-19-7-3-2-6-18(19)13-16-8-11-21(12-9-16)15-17-5-4-10-20-14-17;/h2-3,6-7,16-17,20H,4-5,8-15H2,1H3;1H. The largest absolute Gasteiger partial charge is 0.496 e. The second-order valence-electron chi connectivity index (χ2n) is 6.97. The fourth-order valence-electron chi connectivity index (χ4n) is 4.00. The van der Waals surface area contributed by atoms with Gasteiger partial charge in [0.2, 0.25) is 0 Å². The van der Waals surface area contributed by atoms with Crippen LogP contribution in [0, 0.1) is 11.8 Å². The van der Waals surface area contributed by atoms with Crippen molar-refractivity contribution in [1.82, 2.24) is 10.2 Å². The maximum atomic E-state index is 5.49. The van der Waals surface area contributed by atoms with Crippen molar-refractivity contribution in [1.29, 1.82) is 0 Å². The van der Waals surface area contributed by atoms with E-state index in [0.717, 1.165) is 17.6 Å². The van der Waals surface area contributed by atoms with Gasteiger partial charge in [-0.15, -0.1) is 12.4 Å². The van der Waals surface area contributed by atoms with Gasteiger partial charge in [-0.2, -0.15) is 0 Å². The van der Waals surface area contributed by atoms with Gasteiger partial charge in [-0.3, -0.25) is 0 Å². The highest BCUT2D eigenvalue weighted by Gasteiger charge is 2.23. The molecule has 1 unspecified atom stereocenters. The summed E-state index contributed by atoms with van der Waals surface area (Å²) < 4.78 is 5.49. The highest BCUT2D eigenvalue weighted by atomic mass is 35.5. The van der Waals surface area contributed by atoms with E-state index in [1.807, 2.05) is 0 Å². The van der Waals surface area contributed by atoms with E-state index < -0.39 is 0 Å². The third kappa shape index (κ3) is 5.37. The number of rotatable bonds is 5. The van der Waals surface area contributed by atoms with Crippen molar-refractivity contribution in [2.24, 2.45) is 11.8 Å². The van der Waals surface area contributed by atoms with E-state index in [2.05, 4.69) is 34.5 Å². The van der Waals surface area contributed by atoms with Gasteiger partial charge < -0.3 is 15.0 Å². The van der Waals surface area contributed by atoms with Crippen LogP contribution in [0.15, 0.2) is 24.3 Å². The molecule has 130 valence electrons. The summed E-state index contributed by atoms with van der Waals surface area (Å²) in [6.07, 6.45) is 6.60.